The van der Waals surface area contributed by atoms with Crippen molar-refractivity contribution in [3.05, 3.63) is 50.7 Å². The van der Waals surface area contributed by atoms with Crippen LogP contribution >= 0.6 is 0 Å². The van der Waals surface area contributed by atoms with Crippen LogP contribution in [0.4, 0.5) is 5.82 Å². The van der Waals surface area contributed by atoms with Crippen molar-refractivity contribution in [2.24, 2.45) is 14.1 Å². The van der Waals surface area contributed by atoms with Gasteiger partial charge in [0.25, 0.3) is 11.5 Å². The van der Waals surface area contributed by atoms with Crippen LogP contribution in [0, 0.1) is 0 Å². The largest absolute Gasteiger partial charge is 0.490 e. The fraction of sp³-hybridized carbons (Fsp3) is 0.500. The van der Waals surface area contributed by atoms with Crippen LogP contribution in [0.2, 0.25) is 0 Å². The van der Waals surface area contributed by atoms with Crippen LogP contribution in [0.15, 0.2) is 33.9 Å². The molecule has 168 valence electrons. The normalized spacial score (nSPS) is 14.3. The molecule has 1 fully saturated rings. The molecule has 3 rings (SSSR count). The van der Waals surface area contributed by atoms with Crippen LogP contribution in [-0.2, 0) is 14.1 Å². The molecule has 0 bridgehead atoms. The lowest BCUT2D eigenvalue weighted by Gasteiger charge is -2.25. The molecule has 1 amide bonds. The number of benzene rings is 1. The summed E-state index contributed by atoms with van der Waals surface area (Å²) in [6.07, 6.45) is 0.727. The molecule has 1 aliphatic heterocycles. The number of carbonyl (C=O) groups excluding carboxylic acids is 1. The maximum absolute atomic E-state index is 13.1. The van der Waals surface area contributed by atoms with Gasteiger partial charge < -0.3 is 19.3 Å². The summed E-state index contributed by atoms with van der Waals surface area (Å²) < 4.78 is 13.8. The molecule has 1 aromatic heterocycles. The fourth-order valence-corrected chi connectivity index (χ4v) is 3.74. The minimum Gasteiger partial charge on any atom is -0.490 e. The van der Waals surface area contributed by atoms with E-state index in [4.69, 9.17) is 9.47 Å². The van der Waals surface area contributed by atoms with Gasteiger partial charge in [0, 0.05) is 51.9 Å². The molecule has 31 heavy (non-hydrogen) atoms. The van der Waals surface area contributed by atoms with Crippen LogP contribution in [0.25, 0.3) is 0 Å². The molecule has 0 N–H and O–H groups in total. The Morgan fingerprint density at radius 2 is 1.61 bits per heavy atom. The van der Waals surface area contributed by atoms with Crippen LogP contribution in [0.3, 0.4) is 0 Å². The molecule has 2 aromatic rings. The summed E-state index contributed by atoms with van der Waals surface area (Å²) >= 11 is 0. The lowest BCUT2D eigenvalue weighted by Crippen LogP contribution is -2.41. The van der Waals surface area contributed by atoms with Crippen molar-refractivity contribution in [3.63, 3.8) is 0 Å². The smallest absolute Gasteiger partial charge is 0.332 e. The van der Waals surface area contributed by atoms with Crippen molar-refractivity contribution < 1.29 is 14.3 Å². The van der Waals surface area contributed by atoms with Crippen molar-refractivity contribution in [1.82, 2.24) is 14.0 Å². The standard InChI is InChI=1S/C22H30N4O5/c1-5-30-17-9-8-16(14-18(17)31-6-2)21(28)26-11-7-10-25(12-13-26)19-15-20(27)24(4)22(29)23(19)3/h8-9,14-15H,5-7,10-13H2,1-4H3. The first-order valence-electron chi connectivity index (χ1n) is 10.6. The van der Waals surface area contributed by atoms with Crippen LogP contribution in [0.5, 0.6) is 11.5 Å². The van der Waals surface area contributed by atoms with E-state index in [1.54, 1.807) is 30.1 Å². The molecule has 1 saturated heterocycles. The molecule has 9 nitrogen and oxygen atoms in total. The monoisotopic (exact) mass is 430 g/mol. The Labute approximate surface area is 181 Å². The predicted molar refractivity (Wildman–Crippen MR) is 118 cm³/mol. The molecule has 0 atom stereocenters. The molecule has 0 saturated carbocycles. The highest BCUT2D eigenvalue weighted by Gasteiger charge is 2.23. The van der Waals surface area contributed by atoms with Crippen LogP contribution in [0.1, 0.15) is 30.6 Å². The maximum Gasteiger partial charge on any atom is 0.332 e. The minimum absolute atomic E-state index is 0.0799. The zero-order chi connectivity index (χ0) is 22.5. The Morgan fingerprint density at radius 3 is 2.32 bits per heavy atom. The number of aromatic nitrogens is 2. The Balaban J connectivity index is 1.78. The van der Waals surface area contributed by atoms with Crippen molar-refractivity contribution >= 4 is 11.7 Å². The van der Waals surface area contributed by atoms with Crippen molar-refractivity contribution in [2.45, 2.75) is 20.3 Å². The number of nitrogens with zero attached hydrogens (tertiary/aromatic N) is 4. The quantitative estimate of drug-likeness (QED) is 0.685. The van der Waals surface area contributed by atoms with E-state index in [1.807, 2.05) is 18.7 Å². The second-order valence-corrected chi connectivity index (χ2v) is 7.40. The van der Waals surface area contributed by atoms with Crippen molar-refractivity contribution in [1.29, 1.82) is 0 Å². The number of hydrogen-bond donors (Lipinski definition) is 0. The van der Waals surface area contributed by atoms with E-state index < -0.39 is 0 Å². The molecule has 0 unspecified atom stereocenters. The van der Waals surface area contributed by atoms with Gasteiger partial charge in [0.1, 0.15) is 5.82 Å². The number of hydrogen-bond acceptors (Lipinski definition) is 6. The van der Waals surface area contributed by atoms with Crippen LogP contribution in [-0.4, -0.2) is 59.3 Å². The Morgan fingerprint density at radius 1 is 0.903 bits per heavy atom. The molecular formula is C22H30N4O5. The topological polar surface area (TPSA) is 86.0 Å². The SMILES string of the molecule is CCOc1ccc(C(=O)N2CCCN(c3cc(=O)n(C)c(=O)n3C)CC2)cc1OCC. The van der Waals surface area contributed by atoms with E-state index in [1.165, 1.54) is 17.7 Å². The fourth-order valence-electron chi connectivity index (χ4n) is 3.74. The lowest BCUT2D eigenvalue weighted by molar-refractivity contribution is 0.0766. The van der Waals surface area contributed by atoms with E-state index >= 15 is 0 Å². The van der Waals surface area contributed by atoms with Gasteiger partial charge in [0.2, 0.25) is 0 Å². The molecule has 1 aromatic carbocycles. The van der Waals surface area contributed by atoms with Crippen LogP contribution < -0.4 is 25.6 Å². The molecule has 9 heteroatoms. The number of anilines is 1. The summed E-state index contributed by atoms with van der Waals surface area (Å²) in [4.78, 5) is 41.3. The molecular weight excluding hydrogens is 400 g/mol. The second kappa shape index (κ2) is 9.72. The summed E-state index contributed by atoms with van der Waals surface area (Å²) in [5.74, 6) is 1.67. The van der Waals surface area contributed by atoms with E-state index in [0.717, 1.165) is 11.0 Å². The highest BCUT2D eigenvalue weighted by molar-refractivity contribution is 5.95. The van der Waals surface area contributed by atoms with Gasteiger partial charge >= 0.3 is 5.69 Å². The summed E-state index contributed by atoms with van der Waals surface area (Å²) in [5.41, 5.74) is -0.160. The van der Waals surface area contributed by atoms with E-state index in [0.29, 0.717) is 62.3 Å². The zero-order valence-electron chi connectivity index (χ0n) is 18.6. The molecule has 0 spiro atoms. The number of rotatable bonds is 6. The minimum atomic E-state index is -0.363. The third-order valence-electron chi connectivity index (χ3n) is 5.40. The van der Waals surface area contributed by atoms with Crippen molar-refractivity contribution in [2.75, 3.05) is 44.3 Å². The summed E-state index contributed by atoms with van der Waals surface area (Å²) in [7, 11) is 3.12. The Kier molecular flexibility index (Phi) is 7.04. The Bertz CT molecular complexity index is 1060. The van der Waals surface area contributed by atoms with Gasteiger partial charge in [0.05, 0.1) is 13.2 Å². The van der Waals surface area contributed by atoms with Gasteiger partial charge in [-0.3, -0.25) is 18.7 Å². The molecule has 0 radical (unpaired) electrons. The first-order chi connectivity index (χ1) is 14.9. The molecule has 1 aliphatic rings. The number of amides is 1. The highest BCUT2D eigenvalue weighted by atomic mass is 16.5. The third kappa shape index (κ3) is 4.76. The van der Waals surface area contributed by atoms with Crippen molar-refractivity contribution in [3.8, 4) is 11.5 Å². The van der Waals surface area contributed by atoms with Gasteiger partial charge in [0.15, 0.2) is 11.5 Å². The van der Waals surface area contributed by atoms with E-state index in [9.17, 15) is 14.4 Å². The first-order valence-corrected chi connectivity index (χ1v) is 10.6. The van der Waals surface area contributed by atoms with Gasteiger partial charge in [-0.2, -0.15) is 0 Å². The summed E-state index contributed by atoms with van der Waals surface area (Å²) in [6.45, 7) is 7.03. The lowest BCUT2D eigenvalue weighted by atomic mass is 10.1. The highest BCUT2D eigenvalue weighted by Crippen LogP contribution is 2.29. The van der Waals surface area contributed by atoms with Gasteiger partial charge in [-0.25, -0.2) is 4.79 Å². The number of ether oxygens (including phenoxy) is 2. The van der Waals surface area contributed by atoms with E-state index in [-0.39, 0.29) is 17.2 Å². The Hall–Kier alpha value is -3.23. The summed E-state index contributed by atoms with van der Waals surface area (Å²) in [6, 6.07) is 6.72. The molecule has 0 aliphatic carbocycles. The third-order valence-corrected chi connectivity index (χ3v) is 5.40. The zero-order valence-corrected chi connectivity index (χ0v) is 18.6. The van der Waals surface area contributed by atoms with Gasteiger partial charge in [-0.15, -0.1) is 0 Å². The second-order valence-electron chi connectivity index (χ2n) is 7.40. The average Bonchev–Trinajstić information content (AvgIpc) is 3.02. The predicted octanol–water partition coefficient (Wildman–Crippen LogP) is 1.23. The average molecular weight is 431 g/mol. The molecule has 2 heterocycles. The number of carbonyl (C=O) groups is 1. The van der Waals surface area contributed by atoms with Gasteiger partial charge in [-0.1, -0.05) is 0 Å². The maximum atomic E-state index is 13.1. The first kappa shape index (κ1) is 22.5. The summed E-state index contributed by atoms with van der Waals surface area (Å²) in [5, 5.41) is 0. The van der Waals surface area contributed by atoms with E-state index in [2.05, 4.69) is 0 Å². The van der Waals surface area contributed by atoms with Gasteiger partial charge in [-0.05, 0) is 38.5 Å².